The van der Waals surface area contributed by atoms with Gasteiger partial charge in [0.05, 0.1) is 25.1 Å². The molecule has 0 unspecified atom stereocenters. The monoisotopic (exact) mass is 917 g/mol. The predicted octanol–water partition coefficient (Wildman–Crippen LogP) is 16.2. The van der Waals surface area contributed by atoms with E-state index < -0.39 is 30.3 Å². The molecular formula is C64H67BN2S. The molecule has 3 aliphatic rings. The van der Waals surface area contributed by atoms with Crippen molar-refractivity contribution in [1.82, 2.24) is 0 Å². The third-order valence-corrected chi connectivity index (χ3v) is 16.6. The summed E-state index contributed by atoms with van der Waals surface area (Å²) in [6.45, 7) is 27.6. The third kappa shape index (κ3) is 7.02. The van der Waals surface area contributed by atoms with Gasteiger partial charge in [0.2, 0.25) is 0 Å². The summed E-state index contributed by atoms with van der Waals surface area (Å²) in [7, 11) is 0. The van der Waals surface area contributed by atoms with Crippen molar-refractivity contribution in [1.29, 1.82) is 0 Å². The van der Waals surface area contributed by atoms with Crippen LogP contribution in [-0.2, 0) is 27.1 Å². The van der Waals surface area contributed by atoms with E-state index in [-0.39, 0.29) is 57.4 Å². The van der Waals surface area contributed by atoms with Crippen molar-refractivity contribution in [2.45, 2.75) is 130 Å². The van der Waals surface area contributed by atoms with Crippen LogP contribution >= 0.6 is 11.3 Å². The molecule has 4 heteroatoms. The molecule has 0 spiro atoms. The fraction of sp³-hybridized carbons (Fsp3) is 0.312. The quantitative estimate of drug-likeness (QED) is 0.159. The molecule has 3 heterocycles. The van der Waals surface area contributed by atoms with E-state index in [9.17, 15) is 5.48 Å². The van der Waals surface area contributed by atoms with E-state index in [0.29, 0.717) is 23.3 Å². The van der Waals surface area contributed by atoms with Crippen LogP contribution in [0.4, 0.5) is 34.1 Å². The third-order valence-electron chi connectivity index (χ3n) is 15.4. The molecule has 8 aromatic rings. The first kappa shape index (κ1) is 34.4. The highest BCUT2D eigenvalue weighted by Gasteiger charge is 2.47. The summed E-state index contributed by atoms with van der Waals surface area (Å²) in [4.78, 5) is 4.54. The largest absolute Gasteiger partial charge is 0.311 e. The van der Waals surface area contributed by atoms with Crippen LogP contribution in [0.25, 0.3) is 21.2 Å². The highest BCUT2D eigenvalue weighted by atomic mass is 32.1. The van der Waals surface area contributed by atoms with Gasteiger partial charge in [-0.25, -0.2) is 0 Å². The number of thiophene rings is 1. The van der Waals surface area contributed by atoms with Crippen LogP contribution < -0.4 is 25.5 Å². The van der Waals surface area contributed by atoms with Crippen LogP contribution in [0.15, 0.2) is 145 Å². The molecule has 0 radical (unpaired) electrons. The summed E-state index contributed by atoms with van der Waals surface area (Å²) in [5, 5.41) is 0.765. The zero-order valence-corrected chi connectivity index (χ0v) is 42.7. The number of anilines is 6. The van der Waals surface area contributed by atoms with Crippen LogP contribution in [0.5, 0.6) is 0 Å². The number of aryl methyl sites for hydroxylation is 1. The van der Waals surface area contributed by atoms with Crippen LogP contribution in [0, 0.1) is 6.92 Å². The molecule has 1 aliphatic carbocycles. The van der Waals surface area contributed by atoms with E-state index in [2.05, 4.69) is 160 Å². The summed E-state index contributed by atoms with van der Waals surface area (Å²) in [5.74, 6) is 0. The van der Waals surface area contributed by atoms with E-state index in [4.69, 9.17) is 8.22 Å². The van der Waals surface area contributed by atoms with Gasteiger partial charge in [0.15, 0.2) is 0 Å². The molecule has 0 atom stereocenters. The van der Waals surface area contributed by atoms with Gasteiger partial charge in [-0.2, -0.15) is 0 Å². The summed E-state index contributed by atoms with van der Waals surface area (Å²) in [5.41, 5.74) is 12.2. The Bertz CT molecular complexity index is 3850. The lowest BCUT2D eigenvalue weighted by Crippen LogP contribution is -2.60. The number of benzene rings is 7. The van der Waals surface area contributed by atoms with Crippen molar-refractivity contribution >= 4 is 78.0 Å². The van der Waals surface area contributed by atoms with Crippen molar-refractivity contribution < 1.29 is 13.7 Å². The van der Waals surface area contributed by atoms with E-state index in [1.165, 1.54) is 5.56 Å². The number of hydrogen-bond acceptors (Lipinski definition) is 3. The molecule has 0 amide bonds. The average Bonchev–Trinajstić information content (AvgIpc) is 3.95. The zero-order valence-electron chi connectivity index (χ0n) is 51.9. The van der Waals surface area contributed by atoms with Gasteiger partial charge in [0.1, 0.15) is 0 Å². The second-order valence-corrected chi connectivity index (χ2v) is 24.5. The molecule has 7 aromatic carbocycles. The molecule has 1 aromatic heterocycles. The second-order valence-electron chi connectivity index (χ2n) is 23.4. The van der Waals surface area contributed by atoms with Gasteiger partial charge >= 0.3 is 0 Å². The molecular weight excluding hydrogens is 840 g/mol. The lowest BCUT2D eigenvalue weighted by Gasteiger charge is -2.44. The Balaban J connectivity index is 1.31. The van der Waals surface area contributed by atoms with Crippen LogP contribution in [0.2, 0.25) is 0 Å². The smallest absolute Gasteiger partial charge is 0.264 e. The maximum absolute atomic E-state index is 10.5. The molecule has 0 fully saturated rings. The van der Waals surface area contributed by atoms with Gasteiger partial charge in [0.25, 0.3) is 6.71 Å². The van der Waals surface area contributed by atoms with Gasteiger partial charge < -0.3 is 9.80 Å². The van der Waals surface area contributed by atoms with Crippen molar-refractivity contribution in [2.24, 2.45) is 0 Å². The van der Waals surface area contributed by atoms with Crippen LogP contribution in [0.3, 0.4) is 0 Å². The Morgan fingerprint density at radius 2 is 1.15 bits per heavy atom. The minimum absolute atomic E-state index is 0.0215. The van der Waals surface area contributed by atoms with Crippen molar-refractivity contribution in [3.63, 3.8) is 0 Å². The molecule has 0 saturated heterocycles. The molecule has 2 aliphatic heterocycles. The standard InChI is InChI=1S/C64H67BN2S/c1-40-34-54-57-55(35-40)67(52-30-26-44(61(5,6)7)36-47(52)41-20-16-14-17-21-41)53-31-27-45(64(12,13)43-22-18-15-19-23-43)37-51(53)65(57)59-58(66(54)46-28-24-42(25-29-46)60(2,3)4)48-38-49-50(39-56(48)68-59)63(10,11)33-32-62(49,8)9/h14-31,34-39H,32-33H2,1-13H3/i14D,15D,16D,17D,18D,19D,20D,21D,38D,39D. The normalized spacial score (nSPS) is 18.1. The van der Waals surface area contributed by atoms with Gasteiger partial charge in [-0.05, 0) is 151 Å². The average molecular weight is 917 g/mol. The highest BCUT2D eigenvalue weighted by molar-refractivity contribution is 7.33. The molecule has 2 nitrogen and oxygen atoms in total. The first-order valence-corrected chi connectivity index (χ1v) is 25.0. The number of fused-ring (bicyclic) bond motifs is 7. The van der Waals surface area contributed by atoms with E-state index in [1.54, 1.807) is 23.5 Å². The van der Waals surface area contributed by atoms with Crippen molar-refractivity contribution in [2.75, 3.05) is 9.80 Å². The molecule has 342 valence electrons. The highest BCUT2D eigenvalue weighted by Crippen LogP contribution is 2.53. The topological polar surface area (TPSA) is 6.48 Å². The van der Waals surface area contributed by atoms with E-state index >= 15 is 0 Å². The predicted molar refractivity (Wildman–Crippen MR) is 297 cm³/mol. The first-order chi connectivity index (χ1) is 36.3. The minimum Gasteiger partial charge on any atom is -0.311 e. The first-order valence-electron chi connectivity index (χ1n) is 29.2. The van der Waals surface area contributed by atoms with Gasteiger partial charge in [0, 0.05) is 48.6 Å². The Kier molecular flexibility index (Phi) is 7.77. The number of rotatable bonds is 5. The maximum atomic E-state index is 10.5. The molecule has 0 bridgehead atoms. The number of nitrogens with zero attached hydrogens (tertiary/aromatic N) is 2. The van der Waals surface area contributed by atoms with Crippen molar-refractivity contribution in [3.05, 3.63) is 184 Å². The second kappa shape index (κ2) is 15.3. The van der Waals surface area contributed by atoms with E-state index in [0.717, 1.165) is 100 Å². The van der Waals surface area contributed by atoms with Gasteiger partial charge in [-0.3, -0.25) is 0 Å². The summed E-state index contributed by atoms with van der Waals surface area (Å²) >= 11 is 1.61. The lowest BCUT2D eigenvalue weighted by atomic mass is 9.36. The molecule has 0 N–H and O–H groups in total. The Morgan fingerprint density at radius 1 is 0.574 bits per heavy atom. The fourth-order valence-electron chi connectivity index (χ4n) is 11.1. The minimum atomic E-state index is -0.764. The van der Waals surface area contributed by atoms with Crippen LogP contribution in [0.1, 0.15) is 149 Å². The van der Waals surface area contributed by atoms with Gasteiger partial charge in [-0.1, -0.05) is 174 Å². The van der Waals surface area contributed by atoms with Crippen molar-refractivity contribution in [3.8, 4) is 11.1 Å². The Morgan fingerprint density at radius 3 is 1.79 bits per heavy atom. The van der Waals surface area contributed by atoms with E-state index in [1.807, 2.05) is 12.1 Å². The zero-order chi connectivity index (χ0) is 56.6. The molecule has 68 heavy (non-hydrogen) atoms. The summed E-state index contributed by atoms with van der Waals surface area (Å²) < 4.78 is 93.9. The Labute approximate surface area is 425 Å². The Hall–Kier alpha value is -5.84. The fourth-order valence-corrected chi connectivity index (χ4v) is 12.3. The summed E-state index contributed by atoms with van der Waals surface area (Å²) in [6.07, 6.45) is 1.79. The van der Waals surface area contributed by atoms with Gasteiger partial charge in [-0.15, -0.1) is 11.3 Å². The molecule has 0 saturated carbocycles. The lowest BCUT2D eigenvalue weighted by molar-refractivity contribution is 0.332. The number of hydrogen-bond donors (Lipinski definition) is 0. The SMILES string of the molecule is [2H]c1cc(C(C)(C)c2ccc3c(c2)B2c4sc5c([2H])c6c(c([2H])c5c4N(c4ccc(C(C)(C)C)cc4)c4cc(C)cc(c42)N3c2ccc(C(C)(C)C)cc2-c2c([2H])c([2H])c([2H])c([2H])c2[2H])C(C)(C)CCC6(C)C)cc([2H])c1[2H]. The summed E-state index contributed by atoms with van der Waals surface area (Å²) in [6, 6.07) is 28.0. The maximum Gasteiger partial charge on any atom is 0.264 e. The molecule has 11 rings (SSSR count). The van der Waals surface area contributed by atoms with Crippen LogP contribution in [-0.4, -0.2) is 6.71 Å².